The van der Waals surface area contributed by atoms with Gasteiger partial charge in [-0.25, -0.2) is 0 Å². The Morgan fingerprint density at radius 2 is 2.13 bits per heavy atom. The highest BCUT2D eigenvalue weighted by atomic mass is 19.3. The number of carbonyl (C=O) groups is 1. The van der Waals surface area contributed by atoms with Crippen LogP contribution >= 0.6 is 0 Å². The van der Waals surface area contributed by atoms with Gasteiger partial charge in [0.15, 0.2) is 0 Å². The third-order valence-electron chi connectivity index (χ3n) is 4.96. The quantitative estimate of drug-likeness (QED) is 0.826. The Bertz CT molecular complexity index is 613. The minimum atomic E-state index is -3.28. The molecule has 2 unspecified atom stereocenters. The first-order chi connectivity index (χ1) is 10.9. The minimum absolute atomic E-state index is 0.0193. The van der Waals surface area contributed by atoms with Crippen LogP contribution in [0.15, 0.2) is 12.1 Å². The van der Waals surface area contributed by atoms with Gasteiger partial charge >= 0.3 is 6.11 Å². The Morgan fingerprint density at radius 3 is 2.87 bits per heavy atom. The zero-order chi connectivity index (χ0) is 16.6. The van der Waals surface area contributed by atoms with Crippen molar-refractivity contribution in [2.24, 2.45) is 5.92 Å². The lowest BCUT2D eigenvalue weighted by Gasteiger charge is -2.41. The van der Waals surface area contributed by atoms with Gasteiger partial charge in [-0.2, -0.15) is 8.78 Å². The van der Waals surface area contributed by atoms with Crippen LogP contribution in [0, 0.1) is 5.92 Å². The van der Waals surface area contributed by atoms with Crippen molar-refractivity contribution in [3.8, 4) is 11.5 Å². The van der Waals surface area contributed by atoms with E-state index in [9.17, 15) is 18.7 Å². The number of Topliss-reactive ketones (excluding diaryl/α,β-unsaturated/α-hetero) is 1. The molecule has 2 atom stereocenters. The molecule has 0 aromatic heterocycles. The van der Waals surface area contributed by atoms with Gasteiger partial charge in [0.2, 0.25) is 0 Å². The molecule has 1 aliphatic heterocycles. The lowest BCUT2D eigenvalue weighted by atomic mass is 9.72. The predicted molar refractivity (Wildman–Crippen MR) is 82.0 cm³/mol. The van der Waals surface area contributed by atoms with Crippen LogP contribution in [0.3, 0.4) is 0 Å². The van der Waals surface area contributed by atoms with E-state index in [1.165, 1.54) is 0 Å². The number of ether oxygens (including phenoxy) is 1. The third-order valence-corrected chi connectivity index (χ3v) is 4.96. The number of aryl methyl sites for hydroxylation is 1. The van der Waals surface area contributed by atoms with E-state index in [1.54, 1.807) is 12.1 Å². The van der Waals surface area contributed by atoms with E-state index >= 15 is 0 Å². The first-order valence-electron chi connectivity index (χ1n) is 8.36. The molecule has 1 saturated carbocycles. The van der Waals surface area contributed by atoms with Crippen molar-refractivity contribution < 1.29 is 23.4 Å². The van der Waals surface area contributed by atoms with Crippen LogP contribution in [0.25, 0.3) is 0 Å². The Labute approximate surface area is 134 Å². The summed E-state index contributed by atoms with van der Waals surface area (Å²) in [6, 6.07) is 3.24. The molecule has 3 nitrogen and oxygen atoms in total. The van der Waals surface area contributed by atoms with Gasteiger partial charge < -0.3 is 9.84 Å². The number of unbranched alkanes of at least 4 members (excludes halogenated alkanes) is 2. The Kier molecular flexibility index (Phi) is 4.30. The molecule has 1 fully saturated rings. The third kappa shape index (κ3) is 3.06. The number of benzene rings is 1. The fourth-order valence-electron chi connectivity index (χ4n) is 3.78. The first kappa shape index (κ1) is 16.2. The molecule has 1 N–H and O–H groups in total. The molecule has 1 aliphatic carbocycles. The summed E-state index contributed by atoms with van der Waals surface area (Å²) in [5, 5.41) is 10.4. The number of hydrogen-bond donors (Lipinski definition) is 1. The molecule has 0 amide bonds. The molecule has 5 heteroatoms. The van der Waals surface area contributed by atoms with Gasteiger partial charge in [0.05, 0.1) is 5.92 Å². The van der Waals surface area contributed by atoms with Gasteiger partial charge in [0.1, 0.15) is 17.3 Å². The number of phenols is 1. The zero-order valence-electron chi connectivity index (χ0n) is 13.3. The monoisotopic (exact) mass is 324 g/mol. The van der Waals surface area contributed by atoms with Crippen molar-refractivity contribution in [3.63, 3.8) is 0 Å². The lowest BCUT2D eigenvalue weighted by Crippen LogP contribution is -2.45. The van der Waals surface area contributed by atoms with Crippen LogP contribution in [0.1, 0.15) is 62.5 Å². The van der Waals surface area contributed by atoms with Crippen LogP contribution in [0.4, 0.5) is 8.78 Å². The fourth-order valence-corrected chi connectivity index (χ4v) is 3.78. The maximum absolute atomic E-state index is 14.3. The SMILES string of the molecule is CCCCCc1cc(O)c2c(c1)OC(F)(F)C1CCC(=O)CC21. The fraction of sp³-hybridized carbons (Fsp3) is 0.611. The normalized spacial score (nSPS) is 25.4. The summed E-state index contributed by atoms with van der Waals surface area (Å²) in [7, 11) is 0. The molecule has 0 radical (unpaired) electrons. The van der Waals surface area contributed by atoms with Crippen LogP contribution in [0.2, 0.25) is 0 Å². The number of carbonyl (C=O) groups excluding carboxylic acids is 1. The van der Waals surface area contributed by atoms with E-state index in [0.29, 0.717) is 5.56 Å². The number of alkyl halides is 2. The van der Waals surface area contributed by atoms with Gasteiger partial charge in [0, 0.05) is 24.3 Å². The molecule has 1 heterocycles. The Morgan fingerprint density at radius 1 is 1.35 bits per heavy atom. The molecule has 23 heavy (non-hydrogen) atoms. The second-order valence-corrected chi connectivity index (χ2v) is 6.64. The molecule has 0 bridgehead atoms. The van der Waals surface area contributed by atoms with Crippen LogP contribution in [-0.2, 0) is 11.2 Å². The van der Waals surface area contributed by atoms with E-state index in [-0.39, 0.29) is 36.5 Å². The van der Waals surface area contributed by atoms with Gasteiger partial charge in [0.25, 0.3) is 0 Å². The van der Waals surface area contributed by atoms with Gasteiger partial charge in [-0.1, -0.05) is 19.8 Å². The van der Waals surface area contributed by atoms with Gasteiger partial charge in [-0.05, 0) is 37.0 Å². The van der Waals surface area contributed by atoms with Gasteiger partial charge in [-0.3, -0.25) is 4.79 Å². The average Bonchev–Trinajstić information content (AvgIpc) is 2.46. The Hall–Kier alpha value is -1.65. The molecule has 0 saturated heterocycles. The molecular formula is C18H22F2O3. The topological polar surface area (TPSA) is 46.5 Å². The van der Waals surface area contributed by atoms with E-state index in [2.05, 4.69) is 6.92 Å². The van der Waals surface area contributed by atoms with Crippen molar-refractivity contribution in [2.75, 3.05) is 0 Å². The van der Waals surface area contributed by atoms with Crippen LogP contribution in [-0.4, -0.2) is 17.0 Å². The number of aromatic hydroxyl groups is 1. The molecule has 1 aromatic carbocycles. The van der Waals surface area contributed by atoms with E-state index in [0.717, 1.165) is 31.2 Å². The van der Waals surface area contributed by atoms with Crippen molar-refractivity contribution in [1.82, 2.24) is 0 Å². The second-order valence-electron chi connectivity index (χ2n) is 6.64. The zero-order valence-corrected chi connectivity index (χ0v) is 13.3. The number of phenolic OH excluding ortho intramolecular Hbond substituents is 1. The Balaban J connectivity index is 1.96. The molecule has 126 valence electrons. The number of ketones is 1. The molecule has 2 aliphatic rings. The minimum Gasteiger partial charge on any atom is -0.508 e. The van der Waals surface area contributed by atoms with Crippen LogP contribution < -0.4 is 4.74 Å². The van der Waals surface area contributed by atoms with Crippen molar-refractivity contribution in [2.45, 2.75) is 63.9 Å². The molecule has 1 aromatic rings. The van der Waals surface area contributed by atoms with Crippen molar-refractivity contribution in [3.05, 3.63) is 23.3 Å². The summed E-state index contributed by atoms with van der Waals surface area (Å²) < 4.78 is 33.5. The summed E-state index contributed by atoms with van der Waals surface area (Å²) in [5.41, 5.74) is 1.18. The second kappa shape index (κ2) is 6.10. The van der Waals surface area contributed by atoms with E-state index in [1.807, 2.05) is 0 Å². The summed E-state index contributed by atoms with van der Waals surface area (Å²) >= 11 is 0. The standard InChI is InChI=1S/C18H22F2O3/c1-2-3-4-5-11-8-15(22)17-13-10-12(21)6-7-14(13)18(19,20)23-16(17)9-11/h8-9,13-14,22H,2-7,10H2,1H3. The summed E-state index contributed by atoms with van der Waals surface area (Å²) in [6.07, 6.45) is 0.808. The van der Waals surface area contributed by atoms with E-state index in [4.69, 9.17) is 4.74 Å². The van der Waals surface area contributed by atoms with Crippen molar-refractivity contribution in [1.29, 1.82) is 0 Å². The van der Waals surface area contributed by atoms with Crippen LogP contribution in [0.5, 0.6) is 11.5 Å². The highest BCUT2D eigenvalue weighted by Crippen LogP contribution is 2.54. The summed E-state index contributed by atoms with van der Waals surface area (Å²) in [6.45, 7) is 2.09. The maximum Gasteiger partial charge on any atom is 0.401 e. The van der Waals surface area contributed by atoms with Crippen molar-refractivity contribution >= 4 is 5.78 Å². The molecule has 0 spiro atoms. The maximum atomic E-state index is 14.3. The summed E-state index contributed by atoms with van der Waals surface area (Å²) in [5.74, 6) is -1.70. The number of hydrogen-bond acceptors (Lipinski definition) is 3. The molecule has 3 rings (SSSR count). The molecular weight excluding hydrogens is 302 g/mol. The van der Waals surface area contributed by atoms with E-state index < -0.39 is 17.9 Å². The largest absolute Gasteiger partial charge is 0.508 e. The highest BCUT2D eigenvalue weighted by Gasteiger charge is 2.54. The highest BCUT2D eigenvalue weighted by molar-refractivity contribution is 5.81. The lowest BCUT2D eigenvalue weighted by molar-refractivity contribution is -0.234. The first-order valence-corrected chi connectivity index (χ1v) is 8.36. The number of halogens is 2. The predicted octanol–water partition coefficient (Wildman–Crippen LogP) is 4.56. The van der Waals surface area contributed by atoms with Gasteiger partial charge in [-0.15, -0.1) is 0 Å². The average molecular weight is 324 g/mol. The summed E-state index contributed by atoms with van der Waals surface area (Å²) in [4.78, 5) is 11.7. The number of rotatable bonds is 4. The number of fused-ring (bicyclic) bond motifs is 3. The smallest absolute Gasteiger partial charge is 0.401 e.